The highest BCUT2D eigenvalue weighted by Gasteiger charge is 2.45. The monoisotopic (exact) mass is 960 g/mol. The largest absolute Gasteiger partial charge is 0.445 e. The predicted octanol–water partition coefficient (Wildman–Crippen LogP) is -5.04. The van der Waals surface area contributed by atoms with Gasteiger partial charge in [-0.15, -0.1) is 0 Å². The lowest BCUT2D eigenvalue weighted by molar-refractivity contribution is -0.300. The quantitative estimate of drug-likeness (QED) is 0.0321. The van der Waals surface area contributed by atoms with Crippen LogP contribution in [0.25, 0.3) is 0 Å². The number of carbonyl (C=O) groups is 6. The van der Waals surface area contributed by atoms with E-state index in [1.165, 1.54) is 0 Å². The van der Waals surface area contributed by atoms with Gasteiger partial charge in [-0.3, -0.25) is 24.0 Å². The molecule has 2 aliphatic heterocycles. The van der Waals surface area contributed by atoms with Crippen molar-refractivity contribution >= 4 is 35.6 Å². The van der Waals surface area contributed by atoms with Crippen molar-refractivity contribution in [1.29, 1.82) is 0 Å². The smallest absolute Gasteiger partial charge is 0.407 e. The van der Waals surface area contributed by atoms with Gasteiger partial charge < -0.3 is 96.0 Å². The Morgan fingerprint density at radius 1 is 0.537 bits per heavy atom. The molecule has 1 aromatic carbocycles. The zero-order valence-corrected chi connectivity index (χ0v) is 37.3. The number of hydrogen-bond acceptors (Lipinski definition) is 19. The molecule has 67 heavy (non-hydrogen) atoms. The van der Waals surface area contributed by atoms with Gasteiger partial charge in [0.25, 0.3) is 0 Å². The molecular weight excluding hydrogens is 892 g/mol. The molecule has 1 aromatic rings. The number of nitrogens with one attached hydrogen (secondary N) is 5. The van der Waals surface area contributed by atoms with Crippen LogP contribution in [0.5, 0.6) is 0 Å². The van der Waals surface area contributed by atoms with Crippen LogP contribution in [0.4, 0.5) is 4.79 Å². The molecule has 6 unspecified atom stereocenters. The first-order chi connectivity index (χ1) is 32.1. The zero-order chi connectivity index (χ0) is 49.1. The molecule has 0 spiro atoms. The maximum Gasteiger partial charge on any atom is 0.407 e. The van der Waals surface area contributed by atoms with Crippen molar-refractivity contribution in [3.05, 3.63) is 35.9 Å². The number of unbranched alkanes of at least 4 members (excludes halogenated alkanes) is 4. The Labute approximate surface area is 387 Å². The lowest BCUT2D eigenvalue weighted by atomic mass is 9.99. The average molecular weight is 961 g/mol. The summed E-state index contributed by atoms with van der Waals surface area (Å²) in [5, 5.41) is 91.0. The van der Waals surface area contributed by atoms with E-state index in [4.69, 9.17) is 23.7 Å². The second-order valence-corrected chi connectivity index (χ2v) is 15.8. The van der Waals surface area contributed by atoms with E-state index in [9.17, 15) is 69.6 Å². The molecule has 2 fully saturated rings. The average Bonchev–Trinajstić information content (AvgIpc) is 3.32. The second-order valence-electron chi connectivity index (χ2n) is 15.8. The van der Waals surface area contributed by atoms with Crippen LogP contribution < -0.4 is 26.6 Å². The number of alkyl carbamates (subject to hydrolysis) is 1. The van der Waals surface area contributed by atoms with Gasteiger partial charge >= 0.3 is 6.09 Å². The molecule has 0 saturated carbocycles. The first-order valence-corrected chi connectivity index (χ1v) is 22.3. The normalized spacial score (nSPS) is 24.8. The highest BCUT2D eigenvalue weighted by molar-refractivity contribution is 5.91. The lowest BCUT2D eigenvalue weighted by Crippen LogP contribution is -2.59. The van der Waals surface area contributed by atoms with Crippen molar-refractivity contribution in [3.63, 3.8) is 0 Å². The summed E-state index contributed by atoms with van der Waals surface area (Å²) in [5.41, 5.74) is 0.724. The van der Waals surface area contributed by atoms with Gasteiger partial charge in [0, 0.05) is 39.0 Å². The predicted molar refractivity (Wildman–Crippen MR) is 230 cm³/mol. The number of rotatable bonds is 30. The molecule has 6 amide bonds. The van der Waals surface area contributed by atoms with Crippen LogP contribution in [0, 0.1) is 0 Å². The van der Waals surface area contributed by atoms with Crippen LogP contribution in [0.1, 0.15) is 56.9 Å². The molecule has 10 atom stereocenters. The van der Waals surface area contributed by atoms with E-state index in [2.05, 4.69) is 26.6 Å². The van der Waals surface area contributed by atoms with Crippen LogP contribution in [0.2, 0.25) is 0 Å². The molecule has 3 rings (SSSR count). The number of hydrogen-bond donors (Lipinski definition) is 13. The summed E-state index contributed by atoms with van der Waals surface area (Å²) in [6, 6.07) is 8.85. The number of aliphatic hydroxyl groups excluding tert-OH is 8. The minimum atomic E-state index is -1.58. The first kappa shape index (κ1) is 56.7. The molecule has 0 bridgehead atoms. The van der Waals surface area contributed by atoms with E-state index in [1.54, 1.807) is 30.3 Å². The second kappa shape index (κ2) is 31.4. The third-order valence-corrected chi connectivity index (χ3v) is 10.5. The molecule has 380 valence electrons. The Bertz CT molecular complexity index is 1570. The van der Waals surface area contributed by atoms with E-state index >= 15 is 0 Å². The molecule has 25 nitrogen and oxygen atoms in total. The van der Waals surface area contributed by atoms with Gasteiger partial charge in [-0.2, -0.15) is 0 Å². The fourth-order valence-electron chi connectivity index (χ4n) is 6.67. The minimum absolute atomic E-state index is 0.0439. The van der Waals surface area contributed by atoms with Gasteiger partial charge in [-0.05, 0) is 31.2 Å². The molecule has 0 aromatic heterocycles. The molecule has 13 N–H and O–H groups in total. The van der Waals surface area contributed by atoms with Gasteiger partial charge in [-0.1, -0.05) is 43.2 Å². The number of carbonyl (C=O) groups excluding carboxylic acids is 6. The number of amides is 6. The summed E-state index contributed by atoms with van der Waals surface area (Å²) in [7, 11) is 0. The van der Waals surface area contributed by atoms with Crippen LogP contribution in [-0.4, -0.2) is 215 Å². The van der Waals surface area contributed by atoms with E-state index in [0.717, 1.165) is 10.5 Å². The van der Waals surface area contributed by atoms with Crippen LogP contribution in [0.3, 0.4) is 0 Å². The number of nitrogens with zero attached hydrogens (tertiary/aromatic N) is 1. The van der Waals surface area contributed by atoms with E-state index in [-0.39, 0.29) is 70.7 Å². The highest BCUT2D eigenvalue weighted by atomic mass is 16.7. The number of ether oxygens (including phenoxy) is 5. The van der Waals surface area contributed by atoms with E-state index in [1.807, 2.05) is 0 Å². The third kappa shape index (κ3) is 21.0. The van der Waals surface area contributed by atoms with E-state index in [0.29, 0.717) is 38.5 Å². The van der Waals surface area contributed by atoms with Crippen LogP contribution >= 0.6 is 0 Å². The summed E-state index contributed by atoms with van der Waals surface area (Å²) >= 11 is 0. The molecule has 0 aliphatic carbocycles. The topological polar surface area (TPSA) is 374 Å². The molecule has 2 aliphatic rings. The standard InChI is InChI=1S/C42H68N6O19/c49-23-27-34(56)36(58)38(60)40(66-27)63-18-16-45-29(51)12-6-2-8-14-43-31(53)21-48(33(55)20-47-42(62)65-25-26-10-4-1-5-11-26)22-32(54)44-15-9-3-7-13-30(52)46-17-19-64-41-39(61)37(59)35(57)28(24-50)67-41/h1,4-5,10-11,27-28,34-41,49-50,56-61H,2-3,6-9,12-25H2,(H,43,53)(H,44,54)(H,45,51)(H,46,52)(H,47,62)/t27?,28?,34-,35-,36?,37?,38?,39?,40+,41+/m1/s1. The maximum atomic E-state index is 13.1. The van der Waals surface area contributed by atoms with Crippen molar-refractivity contribution in [1.82, 2.24) is 31.5 Å². The Balaban J connectivity index is 1.32. The fraction of sp³-hybridized carbons (Fsp3) is 0.714. The van der Waals surface area contributed by atoms with Crippen molar-refractivity contribution < 1.29 is 93.3 Å². The Kier molecular flexibility index (Phi) is 26.6. The van der Waals surface area contributed by atoms with E-state index < -0.39 is 118 Å². The lowest BCUT2D eigenvalue weighted by Gasteiger charge is -2.39. The number of aliphatic hydroxyl groups is 8. The zero-order valence-electron chi connectivity index (χ0n) is 37.3. The summed E-state index contributed by atoms with van der Waals surface area (Å²) in [5.74, 6) is -2.43. The summed E-state index contributed by atoms with van der Waals surface area (Å²) < 4.78 is 26.3. The van der Waals surface area contributed by atoms with Gasteiger partial charge in [0.15, 0.2) is 12.6 Å². The van der Waals surface area contributed by atoms with Gasteiger partial charge in [-0.25, -0.2) is 4.79 Å². The molecule has 2 heterocycles. The SMILES string of the molecule is O=C(CCCCCNC(=O)CN(CC(=O)NCCCCCC(=O)NCCO[C@H]1OC(CO)[C@@H](O)C(O)C1O)C(=O)CNC(=O)OCc1ccccc1)NCCO[C@H]1OC(CO)[C@@H](O)C(O)C1O. The molecular formula is C42H68N6O19. The van der Waals surface area contributed by atoms with Crippen molar-refractivity contribution in [2.45, 2.75) is 119 Å². The van der Waals surface area contributed by atoms with Crippen molar-refractivity contribution in [2.24, 2.45) is 0 Å². The van der Waals surface area contributed by atoms with Crippen LogP contribution in [0.15, 0.2) is 30.3 Å². The summed E-state index contributed by atoms with van der Waals surface area (Å²) in [6.07, 6.45) is -11.7. The molecule has 25 heteroatoms. The third-order valence-electron chi connectivity index (χ3n) is 10.5. The summed E-state index contributed by atoms with van der Waals surface area (Å²) in [6.45, 7) is -2.43. The highest BCUT2D eigenvalue weighted by Crippen LogP contribution is 2.23. The molecule has 0 radical (unpaired) electrons. The first-order valence-electron chi connectivity index (χ1n) is 22.3. The van der Waals surface area contributed by atoms with Gasteiger partial charge in [0.2, 0.25) is 29.5 Å². The Morgan fingerprint density at radius 3 is 1.43 bits per heavy atom. The van der Waals surface area contributed by atoms with Crippen LogP contribution in [-0.2, 0) is 54.3 Å². The van der Waals surface area contributed by atoms with Gasteiger partial charge in [0.1, 0.15) is 75.1 Å². The Morgan fingerprint density at radius 2 is 0.985 bits per heavy atom. The molecule has 2 saturated heterocycles. The fourth-order valence-corrected chi connectivity index (χ4v) is 6.67. The number of benzene rings is 1. The summed E-state index contributed by atoms with van der Waals surface area (Å²) in [4.78, 5) is 76.6. The van der Waals surface area contributed by atoms with Gasteiger partial charge in [0.05, 0.1) is 26.4 Å². The maximum absolute atomic E-state index is 13.1. The minimum Gasteiger partial charge on any atom is -0.445 e. The van der Waals surface area contributed by atoms with Crippen molar-refractivity contribution in [2.75, 3.05) is 72.2 Å². The van der Waals surface area contributed by atoms with Crippen molar-refractivity contribution in [3.8, 4) is 0 Å². The Hall–Kier alpha value is -4.64.